The Kier molecular flexibility index (Phi) is 3.34. The van der Waals surface area contributed by atoms with Crippen molar-refractivity contribution in [3.8, 4) is 11.5 Å². The molecule has 2 unspecified atom stereocenters. The lowest BCUT2D eigenvalue weighted by atomic mass is 10.0. The molecule has 0 bridgehead atoms. The summed E-state index contributed by atoms with van der Waals surface area (Å²) < 4.78 is 11.0. The average molecular weight is 298 g/mol. The van der Waals surface area contributed by atoms with Gasteiger partial charge in [-0.25, -0.2) is 0 Å². The van der Waals surface area contributed by atoms with Crippen LogP contribution in [0.3, 0.4) is 0 Å². The number of hydrogen-bond acceptors (Lipinski definition) is 4. The van der Waals surface area contributed by atoms with Gasteiger partial charge in [-0.1, -0.05) is 6.07 Å². The molecule has 4 rings (SSSR count). The quantitative estimate of drug-likeness (QED) is 0.944. The van der Waals surface area contributed by atoms with Gasteiger partial charge in [-0.15, -0.1) is 0 Å². The number of ether oxygens (including phenoxy) is 2. The highest BCUT2D eigenvalue weighted by atomic mass is 16.5. The molecule has 4 heteroatoms. The lowest BCUT2D eigenvalue weighted by molar-refractivity contribution is 0.414. The minimum atomic E-state index is 0.774. The van der Waals surface area contributed by atoms with Gasteiger partial charge in [-0.3, -0.25) is 0 Å². The maximum Gasteiger partial charge on any atom is 0.142 e. The third-order valence-electron chi connectivity index (χ3n) is 5.08. The summed E-state index contributed by atoms with van der Waals surface area (Å²) in [6, 6.07) is 10.6. The van der Waals surface area contributed by atoms with E-state index in [1.165, 1.54) is 11.1 Å². The first-order valence-electron chi connectivity index (χ1n) is 7.90. The van der Waals surface area contributed by atoms with E-state index < -0.39 is 0 Å². The average Bonchev–Trinajstić information content (AvgIpc) is 3.14. The van der Waals surface area contributed by atoms with Gasteiger partial charge in [-0.2, -0.15) is 0 Å². The van der Waals surface area contributed by atoms with Crippen molar-refractivity contribution in [2.75, 3.05) is 45.3 Å². The van der Waals surface area contributed by atoms with Crippen LogP contribution >= 0.6 is 0 Å². The van der Waals surface area contributed by atoms with E-state index in [0.717, 1.165) is 54.9 Å². The monoisotopic (exact) mass is 298 g/mol. The Morgan fingerprint density at radius 2 is 1.73 bits per heavy atom. The van der Waals surface area contributed by atoms with Crippen molar-refractivity contribution >= 4 is 16.5 Å². The standard InChI is InChI=1S/C18H22N2O2/c1-21-16-4-3-12-6-17(18(22-2)7-13(12)5-16)20-10-14-8-19-9-15(14)11-20/h3-7,14-15,19H,8-11H2,1-2H3. The molecular weight excluding hydrogens is 276 g/mol. The molecule has 1 N–H and O–H groups in total. The van der Waals surface area contributed by atoms with Crippen LogP contribution in [0.1, 0.15) is 0 Å². The maximum absolute atomic E-state index is 5.66. The third kappa shape index (κ3) is 2.18. The Bertz CT molecular complexity index is 689. The molecule has 2 aliphatic heterocycles. The smallest absolute Gasteiger partial charge is 0.142 e. The highest BCUT2D eigenvalue weighted by molar-refractivity contribution is 5.90. The lowest BCUT2D eigenvalue weighted by Crippen LogP contribution is -2.25. The summed E-state index contributed by atoms with van der Waals surface area (Å²) in [5.74, 6) is 3.38. The van der Waals surface area contributed by atoms with E-state index in [1.54, 1.807) is 14.2 Å². The molecule has 0 amide bonds. The fourth-order valence-electron chi connectivity index (χ4n) is 3.83. The van der Waals surface area contributed by atoms with Crippen molar-refractivity contribution in [1.82, 2.24) is 5.32 Å². The second kappa shape index (κ2) is 5.36. The number of anilines is 1. The molecule has 116 valence electrons. The lowest BCUT2D eigenvalue weighted by Gasteiger charge is -2.23. The van der Waals surface area contributed by atoms with Crippen LogP contribution in [0.25, 0.3) is 10.8 Å². The van der Waals surface area contributed by atoms with Gasteiger partial charge in [0.2, 0.25) is 0 Å². The molecule has 2 atom stereocenters. The number of rotatable bonds is 3. The third-order valence-corrected chi connectivity index (χ3v) is 5.08. The van der Waals surface area contributed by atoms with Gasteiger partial charge < -0.3 is 19.7 Å². The summed E-state index contributed by atoms with van der Waals surface area (Å²) in [4.78, 5) is 2.48. The van der Waals surface area contributed by atoms with E-state index in [2.05, 4.69) is 34.5 Å². The van der Waals surface area contributed by atoms with Crippen molar-refractivity contribution in [2.45, 2.75) is 0 Å². The van der Waals surface area contributed by atoms with E-state index in [9.17, 15) is 0 Å². The molecule has 0 spiro atoms. The van der Waals surface area contributed by atoms with Crippen LogP contribution in [0.15, 0.2) is 30.3 Å². The van der Waals surface area contributed by atoms with E-state index in [4.69, 9.17) is 9.47 Å². The Morgan fingerprint density at radius 3 is 2.41 bits per heavy atom. The molecule has 0 aromatic heterocycles. The molecule has 2 aromatic carbocycles. The molecular formula is C18H22N2O2. The SMILES string of the molecule is COc1ccc2cc(N3CC4CNCC4C3)c(OC)cc2c1. The van der Waals surface area contributed by atoms with Crippen molar-refractivity contribution < 1.29 is 9.47 Å². The minimum absolute atomic E-state index is 0.774. The molecule has 2 heterocycles. The second-order valence-corrected chi connectivity index (χ2v) is 6.32. The number of benzene rings is 2. The van der Waals surface area contributed by atoms with Crippen LogP contribution in [0.5, 0.6) is 11.5 Å². The zero-order valence-electron chi connectivity index (χ0n) is 13.1. The number of nitrogens with zero attached hydrogens (tertiary/aromatic N) is 1. The molecule has 2 aromatic rings. The normalized spacial score (nSPS) is 23.8. The predicted molar refractivity (Wildman–Crippen MR) is 89.1 cm³/mol. The number of hydrogen-bond donors (Lipinski definition) is 1. The minimum Gasteiger partial charge on any atom is -0.497 e. The van der Waals surface area contributed by atoms with Crippen molar-refractivity contribution in [3.05, 3.63) is 30.3 Å². The van der Waals surface area contributed by atoms with E-state index in [-0.39, 0.29) is 0 Å². The van der Waals surface area contributed by atoms with Crippen molar-refractivity contribution in [2.24, 2.45) is 11.8 Å². The molecule has 2 saturated heterocycles. The molecule has 4 nitrogen and oxygen atoms in total. The van der Waals surface area contributed by atoms with Crippen molar-refractivity contribution in [3.63, 3.8) is 0 Å². The first-order valence-corrected chi connectivity index (χ1v) is 7.90. The summed E-state index contributed by atoms with van der Waals surface area (Å²) in [6.07, 6.45) is 0. The van der Waals surface area contributed by atoms with Gasteiger partial charge in [0.1, 0.15) is 11.5 Å². The fourth-order valence-corrected chi connectivity index (χ4v) is 3.83. The zero-order valence-corrected chi connectivity index (χ0v) is 13.1. The molecule has 22 heavy (non-hydrogen) atoms. The predicted octanol–water partition coefficient (Wildman–Crippen LogP) is 2.51. The van der Waals surface area contributed by atoms with Gasteiger partial charge in [-0.05, 0) is 46.9 Å². The first kappa shape index (κ1) is 13.7. The van der Waals surface area contributed by atoms with E-state index >= 15 is 0 Å². The van der Waals surface area contributed by atoms with Gasteiger partial charge in [0.15, 0.2) is 0 Å². The Morgan fingerprint density at radius 1 is 0.955 bits per heavy atom. The topological polar surface area (TPSA) is 33.7 Å². The van der Waals surface area contributed by atoms with Crippen molar-refractivity contribution in [1.29, 1.82) is 0 Å². The number of fused-ring (bicyclic) bond motifs is 2. The summed E-state index contributed by atoms with van der Waals surface area (Å²) in [6.45, 7) is 4.54. The summed E-state index contributed by atoms with van der Waals surface area (Å²) in [7, 11) is 3.45. The zero-order chi connectivity index (χ0) is 15.1. The molecule has 0 saturated carbocycles. The van der Waals surface area contributed by atoms with E-state index in [0.29, 0.717) is 0 Å². The van der Waals surface area contributed by atoms with Crippen LogP contribution in [0.2, 0.25) is 0 Å². The summed E-state index contributed by atoms with van der Waals surface area (Å²) in [5, 5.41) is 5.88. The number of nitrogens with one attached hydrogen (secondary N) is 1. The van der Waals surface area contributed by atoms with Gasteiger partial charge in [0.25, 0.3) is 0 Å². The highest BCUT2D eigenvalue weighted by Gasteiger charge is 2.36. The fraction of sp³-hybridized carbons (Fsp3) is 0.444. The van der Waals surface area contributed by atoms with Crippen LogP contribution in [0, 0.1) is 11.8 Å². The largest absolute Gasteiger partial charge is 0.497 e. The first-order chi connectivity index (χ1) is 10.8. The maximum atomic E-state index is 5.66. The Balaban J connectivity index is 1.73. The number of methoxy groups -OCH3 is 2. The Labute approximate surface area is 131 Å². The summed E-state index contributed by atoms with van der Waals surface area (Å²) >= 11 is 0. The van der Waals surface area contributed by atoms with Gasteiger partial charge in [0, 0.05) is 26.2 Å². The second-order valence-electron chi connectivity index (χ2n) is 6.32. The Hall–Kier alpha value is -1.94. The molecule has 2 fully saturated rings. The van der Waals surface area contributed by atoms with Crippen LogP contribution in [-0.4, -0.2) is 40.4 Å². The van der Waals surface area contributed by atoms with Crippen LogP contribution in [-0.2, 0) is 0 Å². The molecule has 2 aliphatic rings. The van der Waals surface area contributed by atoms with Gasteiger partial charge in [0.05, 0.1) is 19.9 Å². The van der Waals surface area contributed by atoms with Crippen LogP contribution in [0.4, 0.5) is 5.69 Å². The van der Waals surface area contributed by atoms with E-state index in [1.807, 2.05) is 6.07 Å². The molecule has 0 radical (unpaired) electrons. The summed E-state index contributed by atoms with van der Waals surface area (Å²) in [5.41, 5.74) is 1.22. The molecule has 0 aliphatic carbocycles. The van der Waals surface area contributed by atoms with Crippen LogP contribution < -0.4 is 19.7 Å². The highest BCUT2D eigenvalue weighted by Crippen LogP contribution is 2.39. The van der Waals surface area contributed by atoms with Gasteiger partial charge >= 0.3 is 0 Å².